The minimum atomic E-state index is -1.04. The number of ketones is 2. The topological polar surface area (TPSA) is 80.7 Å². The lowest BCUT2D eigenvalue weighted by atomic mass is 9.45. The summed E-state index contributed by atoms with van der Waals surface area (Å²) in [6.07, 6.45) is 5.38. The number of carbonyl (C=O) groups is 3. The van der Waals surface area contributed by atoms with Crippen LogP contribution in [0.15, 0.2) is 11.6 Å². The van der Waals surface area contributed by atoms with Gasteiger partial charge in [0.15, 0.2) is 5.78 Å². The van der Waals surface area contributed by atoms with Crippen LogP contribution in [0.3, 0.4) is 0 Å². The quantitative estimate of drug-likeness (QED) is 0.727. The van der Waals surface area contributed by atoms with Crippen LogP contribution in [0.25, 0.3) is 0 Å². The molecule has 4 rings (SSSR count). The molecule has 0 aromatic carbocycles. The molecule has 4 aliphatic carbocycles. The van der Waals surface area contributed by atoms with E-state index < -0.39 is 17.1 Å². The summed E-state index contributed by atoms with van der Waals surface area (Å²) in [5.41, 5.74) is -1.08. The molecule has 1 unspecified atom stereocenters. The van der Waals surface area contributed by atoms with E-state index in [0.717, 1.165) is 18.4 Å². The van der Waals surface area contributed by atoms with Gasteiger partial charge in [-0.05, 0) is 67.9 Å². The Bertz CT molecular complexity index is 724. The lowest BCUT2D eigenvalue weighted by Crippen LogP contribution is -2.63. The van der Waals surface area contributed by atoms with Crippen LogP contribution in [0, 0.1) is 22.7 Å². The van der Waals surface area contributed by atoms with Crippen molar-refractivity contribution in [3.05, 3.63) is 11.6 Å². The fraction of sp³-hybridized carbons (Fsp3) is 0.762. The second-order valence-corrected chi connectivity index (χ2v) is 9.25. The molecule has 0 spiro atoms. The second kappa shape index (κ2) is 5.51. The Kier molecular flexibility index (Phi) is 3.79. The van der Waals surface area contributed by atoms with Crippen LogP contribution in [0.1, 0.15) is 65.7 Å². The molecule has 0 saturated heterocycles. The number of esters is 1. The predicted molar refractivity (Wildman–Crippen MR) is 94.1 cm³/mol. The number of Topliss-reactive ketones (excluding diaryl/α,β-unsaturated/α-hetero) is 1. The summed E-state index contributed by atoms with van der Waals surface area (Å²) in [5, 5.41) is 11.7. The third-order valence-corrected chi connectivity index (χ3v) is 8.17. The van der Waals surface area contributed by atoms with E-state index in [-0.39, 0.29) is 34.8 Å². The van der Waals surface area contributed by atoms with Gasteiger partial charge in [-0.3, -0.25) is 14.4 Å². The Morgan fingerprint density at radius 1 is 1.15 bits per heavy atom. The van der Waals surface area contributed by atoms with Gasteiger partial charge in [0, 0.05) is 19.8 Å². The van der Waals surface area contributed by atoms with Crippen LogP contribution >= 0.6 is 0 Å². The molecule has 3 fully saturated rings. The highest BCUT2D eigenvalue weighted by atomic mass is 16.5. The van der Waals surface area contributed by atoms with Gasteiger partial charge in [0.05, 0.1) is 11.0 Å². The van der Waals surface area contributed by atoms with Crippen molar-refractivity contribution in [3.8, 4) is 0 Å². The SMILES string of the molecule is CC(=O)OC1C[C@@H]2[C@@H](CC[C@]3(C)C(=O)CC[C@@]23O)[C@@]2(C)CCC(=O)C=C12. The average molecular weight is 360 g/mol. The van der Waals surface area contributed by atoms with Gasteiger partial charge >= 0.3 is 5.97 Å². The summed E-state index contributed by atoms with van der Waals surface area (Å²) >= 11 is 0. The first-order valence-corrected chi connectivity index (χ1v) is 9.80. The highest BCUT2D eigenvalue weighted by Crippen LogP contribution is 2.66. The molecule has 0 heterocycles. The number of hydrogen-bond acceptors (Lipinski definition) is 5. The maximum atomic E-state index is 12.6. The molecule has 0 radical (unpaired) electrons. The number of hydrogen-bond donors (Lipinski definition) is 1. The van der Waals surface area contributed by atoms with Gasteiger partial charge in [-0.1, -0.05) is 6.92 Å². The van der Waals surface area contributed by atoms with E-state index in [1.165, 1.54) is 6.92 Å². The van der Waals surface area contributed by atoms with E-state index >= 15 is 0 Å². The van der Waals surface area contributed by atoms with Crippen molar-refractivity contribution in [2.24, 2.45) is 22.7 Å². The fourth-order valence-electron chi connectivity index (χ4n) is 6.62. The van der Waals surface area contributed by atoms with Crippen molar-refractivity contribution in [1.82, 2.24) is 0 Å². The zero-order valence-electron chi connectivity index (χ0n) is 15.8. The molecular weight excluding hydrogens is 332 g/mol. The third kappa shape index (κ3) is 2.16. The first-order valence-electron chi connectivity index (χ1n) is 9.80. The van der Waals surface area contributed by atoms with Crippen molar-refractivity contribution in [3.63, 3.8) is 0 Å². The molecule has 5 heteroatoms. The molecule has 26 heavy (non-hydrogen) atoms. The zero-order chi connectivity index (χ0) is 18.9. The minimum Gasteiger partial charge on any atom is -0.458 e. The minimum absolute atomic E-state index is 0.0866. The van der Waals surface area contributed by atoms with Crippen LogP contribution in [0.5, 0.6) is 0 Å². The van der Waals surface area contributed by atoms with Crippen molar-refractivity contribution in [2.45, 2.75) is 77.4 Å². The molecule has 142 valence electrons. The van der Waals surface area contributed by atoms with Crippen molar-refractivity contribution in [2.75, 3.05) is 0 Å². The largest absolute Gasteiger partial charge is 0.458 e. The first-order chi connectivity index (χ1) is 12.1. The lowest BCUT2D eigenvalue weighted by molar-refractivity contribution is -0.192. The predicted octanol–water partition coefficient (Wildman–Crippen LogP) is 2.74. The number of fused-ring (bicyclic) bond motifs is 5. The van der Waals surface area contributed by atoms with Crippen LogP contribution in [-0.2, 0) is 19.1 Å². The molecular formula is C21H28O5. The van der Waals surface area contributed by atoms with Crippen molar-refractivity contribution < 1.29 is 24.2 Å². The smallest absolute Gasteiger partial charge is 0.303 e. The third-order valence-electron chi connectivity index (χ3n) is 8.17. The normalized spacial score (nSPS) is 47.5. The summed E-state index contributed by atoms with van der Waals surface area (Å²) in [5.74, 6) is -0.0101. The molecule has 0 amide bonds. The zero-order valence-corrected chi connectivity index (χ0v) is 15.8. The highest BCUT2D eigenvalue weighted by molar-refractivity contribution is 5.92. The van der Waals surface area contributed by atoms with Gasteiger partial charge in [-0.15, -0.1) is 0 Å². The van der Waals surface area contributed by atoms with Crippen LogP contribution < -0.4 is 0 Å². The number of carbonyl (C=O) groups excluding carboxylic acids is 3. The van der Waals surface area contributed by atoms with Gasteiger partial charge in [0.2, 0.25) is 0 Å². The molecule has 6 atom stereocenters. The first kappa shape index (κ1) is 17.9. The van der Waals surface area contributed by atoms with E-state index in [2.05, 4.69) is 6.92 Å². The average Bonchev–Trinajstić information content (AvgIpc) is 2.81. The molecule has 0 aliphatic heterocycles. The summed E-state index contributed by atoms with van der Waals surface area (Å²) in [6.45, 7) is 5.45. The van der Waals surface area contributed by atoms with E-state index in [0.29, 0.717) is 32.1 Å². The standard InChI is InChI=1S/C21H28O5/c1-12(22)26-17-11-15-14(19(2)7-4-13(23)10-16(17)19)5-8-20(3)18(24)6-9-21(15,20)25/h10,14-15,17,25H,4-9,11H2,1-3H3/t14-,15-,17?,19-,20-,21-/m1/s1. The highest BCUT2D eigenvalue weighted by Gasteiger charge is 2.68. The monoisotopic (exact) mass is 360 g/mol. The maximum absolute atomic E-state index is 12.6. The number of aliphatic hydroxyl groups is 1. The van der Waals surface area contributed by atoms with Gasteiger partial charge in [-0.2, -0.15) is 0 Å². The summed E-state index contributed by atoms with van der Waals surface area (Å²) in [6, 6.07) is 0. The fourth-order valence-corrected chi connectivity index (χ4v) is 6.62. The van der Waals surface area contributed by atoms with Gasteiger partial charge in [0.1, 0.15) is 11.9 Å². The van der Waals surface area contributed by atoms with Crippen molar-refractivity contribution in [1.29, 1.82) is 0 Å². The van der Waals surface area contributed by atoms with Gasteiger partial charge in [-0.25, -0.2) is 0 Å². The van der Waals surface area contributed by atoms with E-state index in [4.69, 9.17) is 4.74 Å². The number of ether oxygens (including phenoxy) is 1. The molecule has 4 aliphatic rings. The molecule has 1 N–H and O–H groups in total. The Labute approximate surface area is 154 Å². The van der Waals surface area contributed by atoms with Crippen molar-refractivity contribution >= 4 is 17.5 Å². The van der Waals surface area contributed by atoms with E-state index in [1.807, 2.05) is 6.92 Å². The Morgan fingerprint density at radius 2 is 1.88 bits per heavy atom. The van der Waals surface area contributed by atoms with Crippen LogP contribution in [-0.4, -0.2) is 34.3 Å². The molecule has 5 nitrogen and oxygen atoms in total. The van der Waals surface area contributed by atoms with E-state index in [9.17, 15) is 19.5 Å². The Morgan fingerprint density at radius 3 is 2.58 bits per heavy atom. The van der Waals surface area contributed by atoms with Crippen LogP contribution in [0.4, 0.5) is 0 Å². The van der Waals surface area contributed by atoms with Gasteiger partial charge in [0.25, 0.3) is 0 Å². The van der Waals surface area contributed by atoms with Crippen LogP contribution in [0.2, 0.25) is 0 Å². The van der Waals surface area contributed by atoms with E-state index in [1.54, 1.807) is 6.08 Å². The molecule has 0 aromatic heterocycles. The Balaban J connectivity index is 1.80. The molecule has 0 bridgehead atoms. The summed E-state index contributed by atoms with van der Waals surface area (Å²) in [7, 11) is 0. The second-order valence-electron chi connectivity index (χ2n) is 9.25. The van der Waals surface area contributed by atoms with Gasteiger partial charge < -0.3 is 9.84 Å². The maximum Gasteiger partial charge on any atom is 0.303 e. The summed E-state index contributed by atoms with van der Waals surface area (Å²) < 4.78 is 5.62. The molecule has 3 saturated carbocycles. The lowest BCUT2D eigenvalue weighted by Gasteiger charge is -2.61. The number of rotatable bonds is 1. The summed E-state index contributed by atoms with van der Waals surface area (Å²) in [4.78, 5) is 36.4. The Hall–Kier alpha value is -1.49. The molecule has 0 aromatic rings.